The van der Waals surface area contributed by atoms with Gasteiger partial charge in [-0.2, -0.15) is 5.26 Å². The molecule has 0 unspecified atom stereocenters. The Hall–Kier alpha value is -1.37. The normalized spacial score (nSPS) is 33.0. The Labute approximate surface area is 102 Å². The Morgan fingerprint density at radius 3 is 2.82 bits per heavy atom. The van der Waals surface area contributed by atoms with Crippen LogP contribution >= 0.6 is 0 Å². The van der Waals surface area contributed by atoms with Crippen LogP contribution in [-0.4, -0.2) is 23.8 Å². The Morgan fingerprint density at radius 1 is 1.24 bits per heavy atom. The molecular weight excluding hydrogens is 212 g/mol. The molecule has 3 atom stereocenters. The number of nitrogens with zero attached hydrogens (tertiary/aromatic N) is 2. The van der Waals surface area contributed by atoms with Gasteiger partial charge in [0.05, 0.1) is 18.7 Å². The van der Waals surface area contributed by atoms with E-state index < -0.39 is 0 Å². The first kappa shape index (κ1) is 10.8. The van der Waals surface area contributed by atoms with Crippen LogP contribution in [0.2, 0.25) is 0 Å². The maximum Gasteiger partial charge on any atom is 0.112 e. The zero-order valence-electron chi connectivity index (χ0n) is 9.75. The molecule has 2 saturated heterocycles. The van der Waals surface area contributed by atoms with E-state index in [1.54, 1.807) is 0 Å². The molecule has 2 aliphatic rings. The van der Waals surface area contributed by atoms with Gasteiger partial charge < -0.3 is 4.74 Å². The molecule has 0 amide bonds. The predicted octanol–water partition coefficient (Wildman–Crippen LogP) is 2.46. The van der Waals surface area contributed by atoms with Crippen molar-refractivity contribution in [2.24, 2.45) is 0 Å². The summed E-state index contributed by atoms with van der Waals surface area (Å²) in [5, 5.41) is 9.26. The molecule has 1 aromatic carbocycles. The summed E-state index contributed by atoms with van der Waals surface area (Å²) < 4.78 is 5.83. The van der Waals surface area contributed by atoms with Crippen molar-refractivity contribution in [2.45, 2.75) is 37.6 Å². The lowest BCUT2D eigenvalue weighted by molar-refractivity contribution is -0.0121. The fourth-order valence-electron chi connectivity index (χ4n) is 2.94. The smallest absolute Gasteiger partial charge is 0.112 e. The lowest BCUT2D eigenvalue weighted by atomic mass is 9.98. The van der Waals surface area contributed by atoms with Crippen LogP contribution in [0, 0.1) is 11.3 Å². The maximum atomic E-state index is 9.26. The van der Waals surface area contributed by atoms with Gasteiger partial charge in [-0.25, -0.2) is 0 Å². The molecule has 88 valence electrons. The van der Waals surface area contributed by atoms with Crippen molar-refractivity contribution in [1.82, 2.24) is 4.90 Å². The average molecular weight is 228 g/mol. The standard InChI is InChI=1S/C14H16N2O/c15-9-12-7-4-8-14-16(12)13(10-17-14)11-5-2-1-3-6-11/h1-3,5-6,12-14H,4,7-8,10H2/t12-,13+,14-/m0/s1. The molecule has 17 heavy (non-hydrogen) atoms. The number of hydrogen-bond donors (Lipinski definition) is 0. The van der Waals surface area contributed by atoms with E-state index in [-0.39, 0.29) is 18.3 Å². The van der Waals surface area contributed by atoms with Crippen LogP contribution in [0.15, 0.2) is 30.3 Å². The van der Waals surface area contributed by atoms with Crippen molar-refractivity contribution < 1.29 is 4.74 Å². The molecule has 1 aromatic rings. The summed E-state index contributed by atoms with van der Waals surface area (Å²) in [6, 6.07) is 13.1. The molecule has 0 saturated carbocycles. The minimum atomic E-state index is 0.0152. The zero-order valence-corrected chi connectivity index (χ0v) is 9.75. The highest BCUT2D eigenvalue weighted by Crippen LogP contribution is 2.38. The molecule has 0 aromatic heterocycles. The monoisotopic (exact) mass is 228 g/mol. The van der Waals surface area contributed by atoms with E-state index in [1.807, 2.05) is 18.2 Å². The molecule has 2 fully saturated rings. The maximum absolute atomic E-state index is 9.26. The fraction of sp³-hybridized carbons (Fsp3) is 0.500. The third-order valence-electron chi connectivity index (χ3n) is 3.76. The number of piperidine rings is 1. The van der Waals surface area contributed by atoms with E-state index in [2.05, 4.69) is 23.1 Å². The second-order valence-corrected chi connectivity index (χ2v) is 4.74. The first-order valence-corrected chi connectivity index (χ1v) is 6.24. The topological polar surface area (TPSA) is 36.3 Å². The van der Waals surface area contributed by atoms with Crippen LogP contribution in [-0.2, 0) is 4.74 Å². The van der Waals surface area contributed by atoms with Crippen LogP contribution < -0.4 is 0 Å². The SMILES string of the molecule is N#C[C@@H]1CCC[C@@H]2OC[C@H](c3ccccc3)N12. The highest BCUT2D eigenvalue weighted by atomic mass is 16.5. The van der Waals surface area contributed by atoms with Crippen molar-refractivity contribution in [1.29, 1.82) is 5.26 Å². The number of nitriles is 1. The van der Waals surface area contributed by atoms with Crippen molar-refractivity contribution in [2.75, 3.05) is 6.61 Å². The molecule has 0 bridgehead atoms. The van der Waals surface area contributed by atoms with Crippen LogP contribution in [0.4, 0.5) is 0 Å². The summed E-state index contributed by atoms with van der Waals surface area (Å²) >= 11 is 0. The third kappa shape index (κ3) is 1.84. The summed E-state index contributed by atoms with van der Waals surface area (Å²) in [6.45, 7) is 0.715. The second kappa shape index (κ2) is 4.48. The van der Waals surface area contributed by atoms with Crippen molar-refractivity contribution >= 4 is 0 Å². The summed E-state index contributed by atoms with van der Waals surface area (Å²) in [5.74, 6) is 0. The van der Waals surface area contributed by atoms with Crippen LogP contribution in [0.1, 0.15) is 30.9 Å². The average Bonchev–Trinajstić information content (AvgIpc) is 2.83. The Balaban J connectivity index is 1.89. The highest BCUT2D eigenvalue weighted by molar-refractivity contribution is 5.21. The molecule has 0 spiro atoms. The van der Waals surface area contributed by atoms with Crippen molar-refractivity contribution in [3.8, 4) is 6.07 Å². The summed E-state index contributed by atoms with van der Waals surface area (Å²) in [4.78, 5) is 2.26. The van der Waals surface area contributed by atoms with E-state index in [4.69, 9.17) is 4.74 Å². The minimum absolute atomic E-state index is 0.0152. The van der Waals surface area contributed by atoms with E-state index in [9.17, 15) is 5.26 Å². The molecule has 3 nitrogen and oxygen atoms in total. The number of fused-ring (bicyclic) bond motifs is 1. The van der Waals surface area contributed by atoms with Crippen LogP contribution in [0.25, 0.3) is 0 Å². The first-order chi connectivity index (χ1) is 8.40. The Morgan fingerprint density at radius 2 is 2.06 bits per heavy atom. The van der Waals surface area contributed by atoms with Gasteiger partial charge in [0, 0.05) is 0 Å². The summed E-state index contributed by atoms with van der Waals surface area (Å²) in [6.07, 6.45) is 3.28. The molecule has 2 aliphatic heterocycles. The van der Waals surface area contributed by atoms with E-state index in [0.29, 0.717) is 6.61 Å². The Kier molecular flexibility index (Phi) is 2.84. The van der Waals surface area contributed by atoms with Gasteiger partial charge in [-0.3, -0.25) is 4.90 Å². The largest absolute Gasteiger partial charge is 0.361 e. The van der Waals surface area contributed by atoms with E-state index in [0.717, 1.165) is 19.3 Å². The zero-order chi connectivity index (χ0) is 11.7. The predicted molar refractivity (Wildman–Crippen MR) is 64.0 cm³/mol. The van der Waals surface area contributed by atoms with E-state index >= 15 is 0 Å². The molecule has 0 aliphatic carbocycles. The fourth-order valence-corrected chi connectivity index (χ4v) is 2.94. The number of benzene rings is 1. The van der Waals surface area contributed by atoms with Gasteiger partial charge in [-0.05, 0) is 24.8 Å². The summed E-state index contributed by atoms with van der Waals surface area (Å²) in [7, 11) is 0. The molecule has 0 radical (unpaired) electrons. The quantitative estimate of drug-likeness (QED) is 0.740. The number of rotatable bonds is 1. The van der Waals surface area contributed by atoms with Gasteiger partial charge in [-0.15, -0.1) is 0 Å². The highest BCUT2D eigenvalue weighted by Gasteiger charge is 2.42. The second-order valence-electron chi connectivity index (χ2n) is 4.74. The minimum Gasteiger partial charge on any atom is -0.361 e. The molecule has 2 heterocycles. The molecule has 3 rings (SSSR count). The van der Waals surface area contributed by atoms with Gasteiger partial charge in [0.1, 0.15) is 12.3 Å². The van der Waals surface area contributed by atoms with Gasteiger partial charge in [0.2, 0.25) is 0 Å². The van der Waals surface area contributed by atoms with Crippen molar-refractivity contribution in [3.05, 3.63) is 35.9 Å². The molecule has 0 N–H and O–H groups in total. The lowest BCUT2D eigenvalue weighted by Gasteiger charge is -2.35. The van der Waals surface area contributed by atoms with Crippen molar-refractivity contribution in [3.63, 3.8) is 0 Å². The van der Waals surface area contributed by atoms with E-state index in [1.165, 1.54) is 5.56 Å². The third-order valence-corrected chi connectivity index (χ3v) is 3.76. The Bertz CT molecular complexity index is 426. The van der Waals surface area contributed by atoms with Gasteiger partial charge in [0.25, 0.3) is 0 Å². The van der Waals surface area contributed by atoms with Crippen LogP contribution in [0.5, 0.6) is 0 Å². The molecule has 3 heteroatoms. The van der Waals surface area contributed by atoms with Gasteiger partial charge in [0.15, 0.2) is 0 Å². The first-order valence-electron chi connectivity index (χ1n) is 6.24. The van der Waals surface area contributed by atoms with Gasteiger partial charge in [-0.1, -0.05) is 30.3 Å². The molecular formula is C14H16N2O. The lowest BCUT2D eigenvalue weighted by Crippen LogP contribution is -2.43. The van der Waals surface area contributed by atoms with Gasteiger partial charge >= 0.3 is 0 Å². The summed E-state index contributed by atoms with van der Waals surface area (Å²) in [5.41, 5.74) is 1.26. The number of ether oxygens (including phenoxy) is 1. The number of hydrogen-bond acceptors (Lipinski definition) is 3. The van der Waals surface area contributed by atoms with Crippen LogP contribution in [0.3, 0.4) is 0 Å².